The summed E-state index contributed by atoms with van der Waals surface area (Å²) in [6.07, 6.45) is 3.39. The summed E-state index contributed by atoms with van der Waals surface area (Å²) in [5.74, 6) is -0.945. The predicted molar refractivity (Wildman–Crippen MR) is 102 cm³/mol. The predicted octanol–water partition coefficient (Wildman–Crippen LogP) is 3.32. The number of pyridine rings is 2. The lowest BCUT2D eigenvalue weighted by molar-refractivity contribution is 0.0696. The second-order valence-corrected chi connectivity index (χ2v) is 5.99. The van der Waals surface area contributed by atoms with Crippen molar-refractivity contribution in [2.75, 3.05) is 5.32 Å². The lowest BCUT2D eigenvalue weighted by Gasteiger charge is -2.12. The van der Waals surface area contributed by atoms with Gasteiger partial charge in [-0.25, -0.2) is 9.78 Å². The molecule has 4 aromatic rings. The van der Waals surface area contributed by atoms with Crippen molar-refractivity contribution in [2.24, 2.45) is 5.73 Å². The number of nitrogens with one attached hydrogen (secondary N) is 1. The number of aromatic carboxylic acids is 1. The quantitative estimate of drug-likeness (QED) is 0.482. The fourth-order valence-electron chi connectivity index (χ4n) is 2.93. The van der Waals surface area contributed by atoms with Crippen LogP contribution in [0.15, 0.2) is 60.9 Å². The van der Waals surface area contributed by atoms with E-state index >= 15 is 0 Å². The highest BCUT2D eigenvalue weighted by atomic mass is 16.4. The van der Waals surface area contributed by atoms with Crippen molar-refractivity contribution in [2.45, 2.75) is 0 Å². The van der Waals surface area contributed by atoms with Crippen LogP contribution >= 0.6 is 0 Å². The Hall–Kier alpha value is -4.00. The first-order valence-electron chi connectivity index (χ1n) is 8.10. The molecule has 0 aliphatic heterocycles. The molecule has 0 radical (unpaired) electrons. The molecule has 0 fully saturated rings. The van der Waals surface area contributed by atoms with Crippen molar-refractivity contribution in [1.82, 2.24) is 9.97 Å². The minimum Gasteiger partial charge on any atom is -0.478 e. The standard InChI is InChI=1S/C20H14N4O3/c21-18(25)11-1-4-13(5-2-11)23-19-15-7-8-22-10-16(15)14-6-3-12(20(26)27)9-17(14)24-19/h1-10H,(H2,21,25)(H,23,24)(H,26,27). The highest BCUT2D eigenvalue weighted by Crippen LogP contribution is 2.31. The van der Waals surface area contributed by atoms with Crippen molar-refractivity contribution in [3.63, 3.8) is 0 Å². The number of rotatable bonds is 4. The van der Waals surface area contributed by atoms with Gasteiger partial charge in [-0.15, -0.1) is 0 Å². The van der Waals surface area contributed by atoms with Crippen molar-refractivity contribution in [3.8, 4) is 0 Å². The summed E-state index contributed by atoms with van der Waals surface area (Å²) in [5.41, 5.74) is 7.11. The largest absolute Gasteiger partial charge is 0.478 e. The molecule has 0 saturated heterocycles. The first-order chi connectivity index (χ1) is 13.0. The van der Waals surface area contributed by atoms with Crippen LogP contribution in [0.25, 0.3) is 21.7 Å². The van der Waals surface area contributed by atoms with Crippen LogP contribution < -0.4 is 11.1 Å². The zero-order chi connectivity index (χ0) is 19.0. The van der Waals surface area contributed by atoms with Crippen LogP contribution in [0, 0.1) is 0 Å². The summed E-state index contributed by atoms with van der Waals surface area (Å²) in [4.78, 5) is 31.3. The smallest absolute Gasteiger partial charge is 0.335 e. The molecule has 0 spiro atoms. The van der Waals surface area contributed by atoms with E-state index in [1.165, 1.54) is 6.07 Å². The van der Waals surface area contributed by atoms with Crippen LogP contribution in [0.1, 0.15) is 20.7 Å². The summed E-state index contributed by atoms with van der Waals surface area (Å²) >= 11 is 0. The highest BCUT2D eigenvalue weighted by Gasteiger charge is 2.12. The number of carboxylic acids is 1. The first-order valence-corrected chi connectivity index (χ1v) is 8.10. The Morgan fingerprint density at radius 1 is 0.926 bits per heavy atom. The Labute approximate surface area is 153 Å². The van der Waals surface area contributed by atoms with Gasteiger partial charge in [0.2, 0.25) is 5.91 Å². The van der Waals surface area contributed by atoms with E-state index in [1.807, 2.05) is 6.07 Å². The molecular weight excluding hydrogens is 344 g/mol. The van der Waals surface area contributed by atoms with E-state index in [0.717, 1.165) is 21.8 Å². The van der Waals surface area contributed by atoms with Gasteiger partial charge < -0.3 is 16.2 Å². The molecule has 0 aliphatic carbocycles. The third-order valence-electron chi connectivity index (χ3n) is 4.28. The number of hydrogen-bond acceptors (Lipinski definition) is 5. The van der Waals surface area contributed by atoms with Gasteiger partial charge in [0.1, 0.15) is 5.82 Å². The zero-order valence-electron chi connectivity index (χ0n) is 14.0. The van der Waals surface area contributed by atoms with Crippen LogP contribution in [-0.4, -0.2) is 27.0 Å². The number of anilines is 2. The van der Waals surface area contributed by atoms with E-state index in [9.17, 15) is 14.7 Å². The van der Waals surface area contributed by atoms with Crippen LogP contribution in [0.4, 0.5) is 11.5 Å². The van der Waals surface area contributed by atoms with Gasteiger partial charge in [-0.3, -0.25) is 9.78 Å². The molecule has 4 rings (SSSR count). The number of aromatic nitrogens is 2. The first kappa shape index (κ1) is 16.5. The average molecular weight is 358 g/mol. The molecule has 4 N–H and O–H groups in total. The average Bonchev–Trinajstić information content (AvgIpc) is 2.68. The Kier molecular flexibility index (Phi) is 3.89. The molecular formula is C20H14N4O3. The number of carboxylic acid groups (broad SMARTS) is 1. The summed E-state index contributed by atoms with van der Waals surface area (Å²) < 4.78 is 0. The summed E-state index contributed by atoms with van der Waals surface area (Å²) in [6.45, 7) is 0. The Morgan fingerprint density at radius 2 is 1.67 bits per heavy atom. The van der Waals surface area contributed by atoms with Crippen molar-refractivity contribution >= 4 is 45.1 Å². The molecule has 7 heteroatoms. The maximum Gasteiger partial charge on any atom is 0.335 e. The maximum atomic E-state index is 11.3. The van der Waals surface area contributed by atoms with Crippen molar-refractivity contribution in [3.05, 3.63) is 72.1 Å². The number of carbonyl (C=O) groups is 2. The maximum absolute atomic E-state index is 11.3. The van der Waals surface area contributed by atoms with Crippen molar-refractivity contribution < 1.29 is 14.7 Å². The molecule has 132 valence electrons. The second-order valence-electron chi connectivity index (χ2n) is 5.99. The number of hydrogen-bond donors (Lipinski definition) is 3. The number of benzene rings is 2. The summed E-state index contributed by atoms with van der Waals surface area (Å²) in [7, 11) is 0. The molecule has 2 heterocycles. The SMILES string of the molecule is NC(=O)c1ccc(Nc2nc3cc(C(=O)O)ccc3c3cnccc23)cc1. The van der Waals surface area contributed by atoms with Gasteiger partial charge in [0.15, 0.2) is 0 Å². The van der Waals surface area contributed by atoms with E-state index in [-0.39, 0.29) is 5.56 Å². The number of primary amides is 1. The molecule has 0 aliphatic rings. The molecule has 27 heavy (non-hydrogen) atoms. The second kappa shape index (κ2) is 6.38. The Balaban J connectivity index is 1.87. The lowest BCUT2D eigenvalue weighted by Crippen LogP contribution is -2.10. The highest BCUT2D eigenvalue weighted by molar-refractivity contribution is 6.11. The fourth-order valence-corrected chi connectivity index (χ4v) is 2.93. The normalized spacial score (nSPS) is 10.8. The van der Waals surface area contributed by atoms with Crippen LogP contribution in [0.2, 0.25) is 0 Å². The number of fused-ring (bicyclic) bond motifs is 3. The summed E-state index contributed by atoms with van der Waals surface area (Å²) in [5, 5.41) is 15.0. The third kappa shape index (κ3) is 3.02. The minimum absolute atomic E-state index is 0.162. The monoisotopic (exact) mass is 358 g/mol. The van der Waals surface area contributed by atoms with Crippen LogP contribution in [0.3, 0.4) is 0 Å². The van der Waals surface area contributed by atoms with Crippen LogP contribution in [-0.2, 0) is 0 Å². The van der Waals surface area contributed by atoms with E-state index in [4.69, 9.17) is 5.73 Å². The lowest BCUT2D eigenvalue weighted by atomic mass is 10.1. The molecule has 1 amide bonds. The van der Waals surface area contributed by atoms with Gasteiger partial charge in [-0.2, -0.15) is 0 Å². The number of amides is 1. The van der Waals surface area contributed by atoms with Gasteiger partial charge in [-0.05, 0) is 42.5 Å². The molecule has 2 aromatic heterocycles. The third-order valence-corrected chi connectivity index (χ3v) is 4.28. The fraction of sp³-hybridized carbons (Fsp3) is 0. The molecule has 0 bridgehead atoms. The summed E-state index contributed by atoms with van der Waals surface area (Å²) in [6, 6.07) is 13.4. The van der Waals surface area contributed by atoms with Gasteiger partial charge >= 0.3 is 5.97 Å². The van der Waals surface area contributed by atoms with Gasteiger partial charge in [0.05, 0.1) is 11.1 Å². The molecule has 0 unspecified atom stereocenters. The number of nitrogens with two attached hydrogens (primary N) is 1. The molecule has 2 aromatic carbocycles. The van der Waals surface area contributed by atoms with E-state index in [2.05, 4.69) is 15.3 Å². The Bertz CT molecular complexity index is 1200. The number of carbonyl (C=O) groups excluding carboxylic acids is 1. The van der Waals surface area contributed by atoms with Gasteiger partial charge in [-0.1, -0.05) is 6.07 Å². The topological polar surface area (TPSA) is 118 Å². The van der Waals surface area contributed by atoms with Gasteiger partial charge in [0, 0.05) is 39.8 Å². The van der Waals surface area contributed by atoms with Crippen molar-refractivity contribution in [1.29, 1.82) is 0 Å². The number of nitrogens with zero attached hydrogens (tertiary/aromatic N) is 2. The molecule has 0 saturated carbocycles. The van der Waals surface area contributed by atoms with Crippen LogP contribution in [0.5, 0.6) is 0 Å². The Morgan fingerprint density at radius 3 is 2.37 bits per heavy atom. The van der Waals surface area contributed by atoms with Gasteiger partial charge in [0.25, 0.3) is 0 Å². The molecule has 0 atom stereocenters. The van der Waals surface area contributed by atoms with E-state index < -0.39 is 11.9 Å². The molecule has 7 nitrogen and oxygen atoms in total. The van der Waals surface area contributed by atoms with E-state index in [1.54, 1.807) is 48.8 Å². The van der Waals surface area contributed by atoms with E-state index in [0.29, 0.717) is 16.9 Å². The zero-order valence-corrected chi connectivity index (χ0v) is 14.0. The minimum atomic E-state index is -1.01.